The average Bonchev–Trinajstić information content (AvgIpc) is 2.83. The number of piperidine rings is 1. The molecule has 0 saturated carbocycles. The van der Waals surface area contributed by atoms with Gasteiger partial charge < -0.3 is 15.1 Å². The van der Waals surface area contributed by atoms with E-state index in [0.717, 1.165) is 92.8 Å². The zero-order chi connectivity index (χ0) is 23.2. The molecular formula is C27H37ClN4S. The second-order valence-corrected chi connectivity index (χ2v) is 10.4. The Morgan fingerprint density at radius 3 is 2.33 bits per heavy atom. The number of benzene rings is 2. The average molecular weight is 485 g/mol. The van der Waals surface area contributed by atoms with E-state index in [1.54, 1.807) is 0 Å². The van der Waals surface area contributed by atoms with E-state index in [1.165, 1.54) is 11.3 Å². The van der Waals surface area contributed by atoms with E-state index in [-0.39, 0.29) is 0 Å². The van der Waals surface area contributed by atoms with E-state index < -0.39 is 0 Å². The fraction of sp³-hybridized carbons (Fsp3) is 0.519. The summed E-state index contributed by atoms with van der Waals surface area (Å²) in [5.41, 5.74) is 4.92. The molecule has 2 saturated heterocycles. The smallest absolute Gasteiger partial charge is 0.0779 e. The van der Waals surface area contributed by atoms with Gasteiger partial charge in [-0.15, -0.1) is 0 Å². The van der Waals surface area contributed by atoms with Crippen LogP contribution in [0.4, 0.5) is 11.4 Å². The maximum absolute atomic E-state index is 6.27. The standard InChI is InChI=1S/C27H37ClN4S/c1-21-5-9-25(10-6-21)31-18-16-30(17-19-31)13-3-4-27(33)32-14-11-23(12-15-32)29-24-8-7-22(2)26(28)20-24/h5-10,20,23,29H,3-4,11-19H2,1-2H3. The Morgan fingerprint density at radius 1 is 0.970 bits per heavy atom. The maximum atomic E-state index is 6.27. The number of piperazine rings is 1. The molecule has 4 rings (SSSR count). The minimum atomic E-state index is 0.493. The summed E-state index contributed by atoms with van der Waals surface area (Å²) in [4.78, 5) is 8.66. The molecule has 0 aliphatic carbocycles. The van der Waals surface area contributed by atoms with Crippen molar-refractivity contribution >= 4 is 40.2 Å². The number of nitrogens with one attached hydrogen (secondary N) is 1. The highest BCUT2D eigenvalue weighted by Crippen LogP contribution is 2.23. The molecule has 6 heteroatoms. The monoisotopic (exact) mass is 484 g/mol. The van der Waals surface area contributed by atoms with E-state index in [4.69, 9.17) is 23.8 Å². The van der Waals surface area contributed by atoms with Crippen molar-refractivity contribution in [3.63, 3.8) is 0 Å². The molecule has 0 aromatic heterocycles. The summed E-state index contributed by atoms with van der Waals surface area (Å²) in [7, 11) is 0. The number of halogens is 1. The highest BCUT2D eigenvalue weighted by Gasteiger charge is 2.21. The molecule has 2 aliphatic rings. The predicted octanol–water partition coefficient (Wildman–Crippen LogP) is 5.76. The Bertz CT molecular complexity index is 916. The quantitative estimate of drug-likeness (QED) is 0.503. The van der Waals surface area contributed by atoms with Gasteiger partial charge in [-0.3, -0.25) is 4.90 Å². The lowest BCUT2D eigenvalue weighted by Gasteiger charge is -2.37. The number of nitrogens with zero attached hydrogens (tertiary/aromatic N) is 3. The number of likely N-dealkylation sites (tertiary alicyclic amines) is 1. The van der Waals surface area contributed by atoms with Crippen LogP contribution in [-0.4, -0.2) is 66.6 Å². The molecule has 1 N–H and O–H groups in total. The van der Waals surface area contributed by atoms with Crippen molar-refractivity contribution in [1.82, 2.24) is 9.80 Å². The molecule has 2 heterocycles. The summed E-state index contributed by atoms with van der Waals surface area (Å²) in [6.07, 6.45) is 4.42. The molecule has 0 radical (unpaired) electrons. The van der Waals surface area contributed by atoms with E-state index >= 15 is 0 Å². The van der Waals surface area contributed by atoms with Crippen LogP contribution in [0.25, 0.3) is 0 Å². The van der Waals surface area contributed by atoms with Crippen molar-refractivity contribution in [1.29, 1.82) is 0 Å². The van der Waals surface area contributed by atoms with Crippen molar-refractivity contribution in [2.24, 2.45) is 0 Å². The lowest BCUT2D eigenvalue weighted by molar-refractivity contribution is 0.254. The van der Waals surface area contributed by atoms with Gasteiger partial charge in [0.25, 0.3) is 0 Å². The molecular weight excluding hydrogens is 448 g/mol. The van der Waals surface area contributed by atoms with Gasteiger partial charge in [-0.05, 0) is 75.9 Å². The van der Waals surface area contributed by atoms with E-state index in [1.807, 2.05) is 13.0 Å². The van der Waals surface area contributed by atoms with E-state index in [9.17, 15) is 0 Å². The van der Waals surface area contributed by atoms with Gasteiger partial charge >= 0.3 is 0 Å². The predicted molar refractivity (Wildman–Crippen MR) is 146 cm³/mol. The van der Waals surface area contributed by atoms with Gasteiger partial charge in [0.1, 0.15) is 0 Å². The summed E-state index contributed by atoms with van der Waals surface area (Å²) in [6.45, 7) is 11.9. The van der Waals surface area contributed by atoms with Gasteiger partial charge in [-0.1, -0.05) is 47.6 Å². The van der Waals surface area contributed by atoms with E-state index in [0.29, 0.717) is 6.04 Å². The number of hydrogen-bond acceptors (Lipinski definition) is 4. The number of rotatable bonds is 7. The van der Waals surface area contributed by atoms with Gasteiger partial charge in [0, 0.05) is 61.7 Å². The second kappa shape index (κ2) is 11.5. The first kappa shape index (κ1) is 24.3. The van der Waals surface area contributed by atoms with Crippen LogP contribution in [0, 0.1) is 13.8 Å². The second-order valence-electron chi connectivity index (χ2n) is 9.53. The molecule has 0 amide bonds. The van der Waals surface area contributed by atoms with Crippen molar-refractivity contribution in [2.45, 2.75) is 45.6 Å². The van der Waals surface area contributed by atoms with Crippen molar-refractivity contribution in [3.05, 3.63) is 58.6 Å². The van der Waals surface area contributed by atoms with Gasteiger partial charge in [0.05, 0.1) is 4.99 Å². The molecule has 178 valence electrons. The first-order valence-corrected chi connectivity index (χ1v) is 13.1. The zero-order valence-corrected chi connectivity index (χ0v) is 21.6. The first-order valence-electron chi connectivity index (χ1n) is 12.3. The molecule has 33 heavy (non-hydrogen) atoms. The van der Waals surface area contributed by atoms with Crippen molar-refractivity contribution in [2.75, 3.05) is 56.0 Å². The number of hydrogen-bond donors (Lipinski definition) is 1. The summed E-state index contributed by atoms with van der Waals surface area (Å²) in [5.74, 6) is 0. The Labute approximate surface area is 209 Å². The largest absolute Gasteiger partial charge is 0.382 e. The molecule has 0 atom stereocenters. The van der Waals surface area contributed by atoms with Crippen LogP contribution in [0.3, 0.4) is 0 Å². The minimum absolute atomic E-state index is 0.493. The Morgan fingerprint density at radius 2 is 1.67 bits per heavy atom. The molecule has 2 fully saturated rings. The van der Waals surface area contributed by atoms with Crippen molar-refractivity contribution in [3.8, 4) is 0 Å². The molecule has 2 aliphatic heterocycles. The number of thiocarbonyl (C=S) groups is 1. The highest BCUT2D eigenvalue weighted by molar-refractivity contribution is 7.80. The van der Waals surface area contributed by atoms with Crippen LogP contribution in [0.2, 0.25) is 5.02 Å². The van der Waals surface area contributed by atoms with E-state index in [2.05, 4.69) is 63.3 Å². The van der Waals surface area contributed by atoms with Crippen LogP contribution in [-0.2, 0) is 0 Å². The third kappa shape index (κ3) is 6.84. The maximum Gasteiger partial charge on any atom is 0.0779 e. The summed E-state index contributed by atoms with van der Waals surface area (Å²) in [6, 6.07) is 15.6. The normalized spacial score (nSPS) is 17.9. The lowest BCUT2D eigenvalue weighted by atomic mass is 10.0. The molecule has 2 aromatic rings. The number of aryl methyl sites for hydroxylation is 2. The van der Waals surface area contributed by atoms with Crippen LogP contribution in [0.1, 0.15) is 36.8 Å². The van der Waals surface area contributed by atoms with Crippen LogP contribution >= 0.6 is 23.8 Å². The van der Waals surface area contributed by atoms with Crippen LogP contribution in [0.15, 0.2) is 42.5 Å². The van der Waals surface area contributed by atoms with Gasteiger partial charge in [0.2, 0.25) is 0 Å². The highest BCUT2D eigenvalue weighted by atomic mass is 35.5. The minimum Gasteiger partial charge on any atom is -0.382 e. The fourth-order valence-electron chi connectivity index (χ4n) is 4.79. The molecule has 0 unspecified atom stereocenters. The third-order valence-corrected chi connectivity index (χ3v) is 7.90. The lowest BCUT2D eigenvalue weighted by Crippen LogP contribution is -2.47. The first-order chi connectivity index (χ1) is 16.0. The third-order valence-electron chi connectivity index (χ3n) is 7.03. The fourth-order valence-corrected chi connectivity index (χ4v) is 5.30. The van der Waals surface area contributed by atoms with Crippen LogP contribution < -0.4 is 10.2 Å². The molecule has 2 aromatic carbocycles. The molecule has 0 spiro atoms. The Hall–Kier alpha value is -1.82. The summed E-state index contributed by atoms with van der Waals surface area (Å²) in [5, 5.41) is 4.48. The molecule has 0 bridgehead atoms. The number of anilines is 2. The Kier molecular flexibility index (Phi) is 8.50. The van der Waals surface area contributed by atoms with Crippen molar-refractivity contribution < 1.29 is 0 Å². The van der Waals surface area contributed by atoms with Gasteiger partial charge in [0.15, 0.2) is 0 Å². The van der Waals surface area contributed by atoms with Gasteiger partial charge in [-0.2, -0.15) is 0 Å². The molecule has 4 nitrogen and oxygen atoms in total. The summed E-state index contributed by atoms with van der Waals surface area (Å²) < 4.78 is 0. The Balaban J connectivity index is 1.12. The zero-order valence-electron chi connectivity index (χ0n) is 20.0. The SMILES string of the molecule is Cc1ccc(N2CCN(CCCC(=S)N3CCC(Nc4ccc(C)c(Cl)c4)CC3)CC2)cc1. The van der Waals surface area contributed by atoms with Crippen LogP contribution in [0.5, 0.6) is 0 Å². The topological polar surface area (TPSA) is 21.8 Å². The van der Waals surface area contributed by atoms with Gasteiger partial charge in [-0.25, -0.2) is 0 Å². The summed E-state index contributed by atoms with van der Waals surface area (Å²) >= 11 is 12.1.